The van der Waals surface area contributed by atoms with E-state index in [9.17, 15) is 14.4 Å². The maximum absolute atomic E-state index is 12.4. The van der Waals surface area contributed by atoms with Crippen molar-refractivity contribution in [2.24, 2.45) is 0 Å². The second-order valence-corrected chi connectivity index (χ2v) is 5.53. The summed E-state index contributed by atoms with van der Waals surface area (Å²) >= 11 is 0. The Balaban J connectivity index is 1.92. The van der Waals surface area contributed by atoms with Crippen molar-refractivity contribution in [3.63, 3.8) is 0 Å². The number of likely N-dealkylation sites (tertiary alicyclic amines) is 1. The lowest BCUT2D eigenvalue weighted by Gasteiger charge is -2.32. The van der Waals surface area contributed by atoms with Crippen LogP contribution in [0.15, 0.2) is 24.3 Å². The van der Waals surface area contributed by atoms with Crippen molar-refractivity contribution in [1.29, 1.82) is 0 Å². The van der Waals surface area contributed by atoms with Gasteiger partial charge in [-0.2, -0.15) is 0 Å². The summed E-state index contributed by atoms with van der Waals surface area (Å²) in [5.41, 5.74) is 1.28. The first-order valence-electron chi connectivity index (χ1n) is 7.39. The van der Waals surface area contributed by atoms with Crippen LogP contribution in [0, 0.1) is 0 Å². The topological polar surface area (TPSA) is 78.5 Å². The Morgan fingerprint density at radius 3 is 2.09 bits per heavy atom. The SMILES string of the molecule is CC(=O)Nc1ccc(C(=O)N2CCC(NC(C)=O)CC2)cc1. The van der Waals surface area contributed by atoms with E-state index in [1.165, 1.54) is 13.8 Å². The molecule has 6 heteroatoms. The van der Waals surface area contributed by atoms with Crippen LogP contribution in [0.3, 0.4) is 0 Å². The van der Waals surface area contributed by atoms with Crippen LogP contribution in [-0.4, -0.2) is 41.8 Å². The maximum atomic E-state index is 12.4. The summed E-state index contributed by atoms with van der Waals surface area (Å²) in [6.45, 7) is 4.22. The molecule has 1 aliphatic rings. The number of nitrogens with one attached hydrogen (secondary N) is 2. The van der Waals surface area contributed by atoms with Crippen LogP contribution < -0.4 is 10.6 Å². The highest BCUT2D eigenvalue weighted by Gasteiger charge is 2.23. The quantitative estimate of drug-likeness (QED) is 0.885. The van der Waals surface area contributed by atoms with Gasteiger partial charge in [-0.05, 0) is 37.1 Å². The van der Waals surface area contributed by atoms with Crippen molar-refractivity contribution in [3.05, 3.63) is 29.8 Å². The predicted octanol–water partition coefficient (Wildman–Crippen LogP) is 1.39. The molecular formula is C16H21N3O3. The minimum Gasteiger partial charge on any atom is -0.353 e. The third kappa shape index (κ3) is 4.31. The molecular weight excluding hydrogens is 282 g/mol. The Bertz CT molecular complexity index is 561. The van der Waals surface area contributed by atoms with E-state index in [2.05, 4.69) is 10.6 Å². The summed E-state index contributed by atoms with van der Waals surface area (Å²) < 4.78 is 0. The van der Waals surface area contributed by atoms with Crippen molar-refractivity contribution in [1.82, 2.24) is 10.2 Å². The van der Waals surface area contributed by atoms with E-state index in [0.717, 1.165) is 12.8 Å². The number of anilines is 1. The number of carbonyl (C=O) groups excluding carboxylic acids is 3. The number of amides is 3. The first kappa shape index (κ1) is 16.0. The molecule has 22 heavy (non-hydrogen) atoms. The molecule has 1 aromatic rings. The summed E-state index contributed by atoms with van der Waals surface area (Å²) in [6.07, 6.45) is 1.55. The monoisotopic (exact) mass is 303 g/mol. The van der Waals surface area contributed by atoms with Crippen LogP contribution in [-0.2, 0) is 9.59 Å². The number of carbonyl (C=O) groups is 3. The highest BCUT2D eigenvalue weighted by Crippen LogP contribution is 2.16. The van der Waals surface area contributed by atoms with E-state index < -0.39 is 0 Å². The molecule has 0 spiro atoms. The molecule has 1 fully saturated rings. The zero-order valence-electron chi connectivity index (χ0n) is 12.9. The fraction of sp³-hybridized carbons (Fsp3) is 0.438. The van der Waals surface area contributed by atoms with Gasteiger partial charge in [-0.25, -0.2) is 0 Å². The molecule has 0 atom stereocenters. The number of hydrogen-bond acceptors (Lipinski definition) is 3. The highest BCUT2D eigenvalue weighted by molar-refractivity contribution is 5.95. The fourth-order valence-corrected chi connectivity index (χ4v) is 2.60. The van der Waals surface area contributed by atoms with Gasteiger partial charge < -0.3 is 15.5 Å². The summed E-state index contributed by atoms with van der Waals surface area (Å²) in [7, 11) is 0. The Labute approximate surface area is 129 Å². The van der Waals surface area contributed by atoms with E-state index in [4.69, 9.17) is 0 Å². The number of benzene rings is 1. The van der Waals surface area contributed by atoms with Gasteiger partial charge in [-0.3, -0.25) is 14.4 Å². The molecule has 1 aromatic carbocycles. The molecule has 118 valence electrons. The summed E-state index contributed by atoms with van der Waals surface area (Å²) in [5, 5.41) is 5.56. The van der Waals surface area contributed by atoms with E-state index in [1.807, 2.05) is 0 Å². The van der Waals surface area contributed by atoms with Gasteiger partial charge in [0.25, 0.3) is 5.91 Å². The summed E-state index contributed by atoms with van der Waals surface area (Å²) in [6, 6.07) is 7.03. The Morgan fingerprint density at radius 1 is 1.00 bits per heavy atom. The number of nitrogens with zero attached hydrogens (tertiary/aromatic N) is 1. The van der Waals surface area contributed by atoms with Gasteiger partial charge in [-0.1, -0.05) is 0 Å². The molecule has 1 aliphatic heterocycles. The van der Waals surface area contributed by atoms with E-state index in [-0.39, 0.29) is 23.8 Å². The molecule has 0 bridgehead atoms. The molecule has 1 saturated heterocycles. The van der Waals surface area contributed by atoms with Gasteiger partial charge >= 0.3 is 0 Å². The van der Waals surface area contributed by atoms with Crippen LogP contribution in [0.5, 0.6) is 0 Å². The molecule has 0 radical (unpaired) electrons. The molecule has 1 heterocycles. The van der Waals surface area contributed by atoms with E-state index >= 15 is 0 Å². The van der Waals surface area contributed by atoms with Gasteiger partial charge in [0, 0.05) is 44.2 Å². The van der Waals surface area contributed by atoms with Gasteiger partial charge in [-0.15, -0.1) is 0 Å². The molecule has 0 unspecified atom stereocenters. The average molecular weight is 303 g/mol. The lowest BCUT2D eigenvalue weighted by Crippen LogP contribution is -2.46. The Morgan fingerprint density at radius 2 is 1.59 bits per heavy atom. The van der Waals surface area contributed by atoms with Crippen LogP contribution in [0.2, 0.25) is 0 Å². The van der Waals surface area contributed by atoms with Gasteiger partial charge in [0.2, 0.25) is 11.8 Å². The standard InChI is InChI=1S/C16H21N3O3/c1-11(20)17-14-5-3-13(4-6-14)16(22)19-9-7-15(8-10-19)18-12(2)21/h3-6,15H,7-10H2,1-2H3,(H,17,20)(H,18,21). The molecule has 0 saturated carbocycles. The Hall–Kier alpha value is -2.37. The van der Waals surface area contributed by atoms with E-state index in [0.29, 0.717) is 24.3 Å². The number of hydrogen-bond donors (Lipinski definition) is 2. The molecule has 2 N–H and O–H groups in total. The normalized spacial score (nSPS) is 15.3. The second kappa shape index (κ2) is 7.06. The Kier molecular flexibility index (Phi) is 5.14. The maximum Gasteiger partial charge on any atom is 0.253 e. The third-order valence-electron chi connectivity index (χ3n) is 3.64. The molecule has 6 nitrogen and oxygen atoms in total. The van der Waals surface area contributed by atoms with Gasteiger partial charge in [0.05, 0.1) is 0 Å². The minimum atomic E-state index is -0.140. The highest BCUT2D eigenvalue weighted by atomic mass is 16.2. The second-order valence-electron chi connectivity index (χ2n) is 5.53. The van der Waals surface area contributed by atoms with Crippen molar-refractivity contribution >= 4 is 23.4 Å². The van der Waals surface area contributed by atoms with Crippen LogP contribution in [0.1, 0.15) is 37.0 Å². The van der Waals surface area contributed by atoms with Crippen molar-refractivity contribution < 1.29 is 14.4 Å². The van der Waals surface area contributed by atoms with Crippen molar-refractivity contribution in [2.45, 2.75) is 32.7 Å². The molecule has 0 aliphatic carbocycles. The summed E-state index contributed by atoms with van der Waals surface area (Å²) in [4.78, 5) is 36.2. The van der Waals surface area contributed by atoms with Crippen molar-refractivity contribution in [3.8, 4) is 0 Å². The lowest BCUT2D eigenvalue weighted by molar-refractivity contribution is -0.120. The molecule has 3 amide bonds. The number of piperidine rings is 1. The smallest absolute Gasteiger partial charge is 0.253 e. The summed E-state index contributed by atoms with van der Waals surface area (Å²) in [5.74, 6) is -0.187. The first-order valence-corrected chi connectivity index (χ1v) is 7.39. The minimum absolute atomic E-state index is 0.0179. The molecule has 0 aromatic heterocycles. The third-order valence-corrected chi connectivity index (χ3v) is 3.64. The van der Waals surface area contributed by atoms with E-state index in [1.54, 1.807) is 29.2 Å². The fourth-order valence-electron chi connectivity index (χ4n) is 2.60. The first-order chi connectivity index (χ1) is 10.5. The van der Waals surface area contributed by atoms with Crippen molar-refractivity contribution in [2.75, 3.05) is 18.4 Å². The van der Waals surface area contributed by atoms with Crippen LogP contribution in [0.4, 0.5) is 5.69 Å². The van der Waals surface area contributed by atoms with Crippen LogP contribution in [0.25, 0.3) is 0 Å². The van der Waals surface area contributed by atoms with Gasteiger partial charge in [0.15, 0.2) is 0 Å². The van der Waals surface area contributed by atoms with Crippen LogP contribution >= 0.6 is 0 Å². The molecule has 2 rings (SSSR count). The largest absolute Gasteiger partial charge is 0.353 e. The zero-order valence-corrected chi connectivity index (χ0v) is 12.9. The number of rotatable bonds is 3. The average Bonchev–Trinajstić information content (AvgIpc) is 2.47. The lowest BCUT2D eigenvalue weighted by atomic mass is 10.0. The predicted molar refractivity (Wildman–Crippen MR) is 83.5 cm³/mol. The van der Waals surface area contributed by atoms with Gasteiger partial charge in [0.1, 0.15) is 0 Å². The zero-order chi connectivity index (χ0) is 16.1.